The first-order valence-corrected chi connectivity index (χ1v) is 4.95. The van der Waals surface area contributed by atoms with E-state index in [2.05, 4.69) is 4.98 Å². The Balaban J connectivity index is 2.11. The number of aromatic nitrogens is 2. The molecular formula is C12H14N2O. The third-order valence-electron chi connectivity index (χ3n) is 2.47. The van der Waals surface area contributed by atoms with Gasteiger partial charge in [0.25, 0.3) is 0 Å². The molecule has 1 heterocycles. The van der Waals surface area contributed by atoms with Gasteiger partial charge in [-0.2, -0.15) is 0 Å². The van der Waals surface area contributed by atoms with Gasteiger partial charge in [-0.05, 0) is 5.56 Å². The summed E-state index contributed by atoms with van der Waals surface area (Å²) in [5.74, 6) is 0. The molecule has 3 heteroatoms. The van der Waals surface area contributed by atoms with E-state index in [1.54, 1.807) is 12.5 Å². The fourth-order valence-corrected chi connectivity index (χ4v) is 1.63. The van der Waals surface area contributed by atoms with Crippen molar-refractivity contribution in [2.24, 2.45) is 7.05 Å². The molecule has 1 N–H and O–H groups in total. The largest absolute Gasteiger partial charge is 0.386 e. The minimum absolute atomic E-state index is 0.486. The minimum Gasteiger partial charge on any atom is -0.386 e. The molecular weight excluding hydrogens is 188 g/mol. The van der Waals surface area contributed by atoms with Gasteiger partial charge in [0.15, 0.2) is 0 Å². The van der Waals surface area contributed by atoms with E-state index in [4.69, 9.17) is 0 Å². The zero-order chi connectivity index (χ0) is 10.7. The molecule has 0 saturated heterocycles. The fourth-order valence-electron chi connectivity index (χ4n) is 1.63. The van der Waals surface area contributed by atoms with Crippen LogP contribution in [0, 0.1) is 0 Å². The summed E-state index contributed by atoms with van der Waals surface area (Å²) < 4.78 is 1.84. The summed E-state index contributed by atoms with van der Waals surface area (Å²) in [5.41, 5.74) is 1.98. The summed E-state index contributed by atoms with van der Waals surface area (Å²) in [6, 6.07) is 9.95. The van der Waals surface area contributed by atoms with Crippen molar-refractivity contribution in [1.29, 1.82) is 0 Å². The Morgan fingerprint density at radius 3 is 2.67 bits per heavy atom. The molecule has 0 amide bonds. The third-order valence-corrected chi connectivity index (χ3v) is 2.47. The molecule has 0 saturated carbocycles. The SMILES string of the molecule is Cn1cncc1C(O)Cc1ccccc1. The highest BCUT2D eigenvalue weighted by Crippen LogP contribution is 2.16. The molecule has 78 valence electrons. The number of benzene rings is 1. The second kappa shape index (κ2) is 4.28. The van der Waals surface area contributed by atoms with Crippen LogP contribution in [0.4, 0.5) is 0 Å². The first-order chi connectivity index (χ1) is 7.27. The molecule has 0 fully saturated rings. The van der Waals surface area contributed by atoms with Gasteiger partial charge in [0, 0.05) is 13.5 Å². The van der Waals surface area contributed by atoms with Crippen LogP contribution in [0.2, 0.25) is 0 Å². The molecule has 0 aliphatic heterocycles. The highest BCUT2D eigenvalue weighted by atomic mass is 16.3. The monoisotopic (exact) mass is 202 g/mol. The summed E-state index contributed by atoms with van der Waals surface area (Å²) in [5, 5.41) is 9.98. The van der Waals surface area contributed by atoms with Crippen molar-refractivity contribution >= 4 is 0 Å². The molecule has 2 aromatic rings. The van der Waals surface area contributed by atoms with Crippen molar-refractivity contribution in [2.45, 2.75) is 12.5 Å². The first kappa shape index (κ1) is 9.93. The molecule has 1 aromatic heterocycles. The Hall–Kier alpha value is -1.61. The van der Waals surface area contributed by atoms with E-state index in [9.17, 15) is 5.11 Å². The first-order valence-electron chi connectivity index (χ1n) is 4.95. The van der Waals surface area contributed by atoms with E-state index >= 15 is 0 Å². The van der Waals surface area contributed by atoms with Crippen molar-refractivity contribution in [3.05, 3.63) is 54.1 Å². The standard InChI is InChI=1S/C12H14N2O/c1-14-9-13-8-11(14)12(15)7-10-5-3-2-4-6-10/h2-6,8-9,12,15H,7H2,1H3. The van der Waals surface area contributed by atoms with E-state index in [0.717, 1.165) is 11.3 Å². The average Bonchev–Trinajstić information content (AvgIpc) is 2.66. The van der Waals surface area contributed by atoms with Gasteiger partial charge >= 0.3 is 0 Å². The van der Waals surface area contributed by atoms with Gasteiger partial charge in [0.05, 0.1) is 24.3 Å². The van der Waals surface area contributed by atoms with Gasteiger partial charge in [-0.25, -0.2) is 4.98 Å². The lowest BCUT2D eigenvalue weighted by Gasteiger charge is -2.10. The number of aliphatic hydroxyl groups is 1. The number of imidazole rings is 1. The molecule has 3 nitrogen and oxygen atoms in total. The second-order valence-electron chi connectivity index (χ2n) is 3.63. The predicted octanol–water partition coefficient (Wildman–Crippen LogP) is 1.70. The second-order valence-corrected chi connectivity index (χ2v) is 3.63. The van der Waals surface area contributed by atoms with Crippen LogP contribution < -0.4 is 0 Å². The van der Waals surface area contributed by atoms with Gasteiger partial charge < -0.3 is 9.67 Å². The van der Waals surface area contributed by atoms with E-state index < -0.39 is 6.10 Å². The Morgan fingerprint density at radius 1 is 1.33 bits per heavy atom. The zero-order valence-corrected chi connectivity index (χ0v) is 8.67. The minimum atomic E-state index is -0.486. The number of nitrogens with zero attached hydrogens (tertiary/aromatic N) is 2. The lowest BCUT2D eigenvalue weighted by molar-refractivity contribution is 0.170. The average molecular weight is 202 g/mol. The smallest absolute Gasteiger partial charge is 0.0995 e. The van der Waals surface area contributed by atoms with Crippen LogP contribution in [0.15, 0.2) is 42.9 Å². The highest BCUT2D eigenvalue weighted by molar-refractivity contribution is 5.17. The Morgan fingerprint density at radius 2 is 2.07 bits per heavy atom. The number of hydrogen-bond donors (Lipinski definition) is 1. The van der Waals surface area contributed by atoms with Crippen LogP contribution in [0.3, 0.4) is 0 Å². The van der Waals surface area contributed by atoms with Crippen molar-refractivity contribution in [1.82, 2.24) is 9.55 Å². The molecule has 1 unspecified atom stereocenters. The Labute approximate surface area is 89.0 Å². The number of hydrogen-bond acceptors (Lipinski definition) is 2. The van der Waals surface area contributed by atoms with Crippen molar-refractivity contribution in [3.63, 3.8) is 0 Å². The van der Waals surface area contributed by atoms with Crippen LogP contribution in [0.1, 0.15) is 17.4 Å². The van der Waals surface area contributed by atoms with Gasteiger partial charge in [0.1, 0.15) is 0 Å². The molecule has 2 rings (SSSR count). The van der Waals surface area contributed by atoms with Crippen molar-refractivity contribution in [3.8, 4) is 0 Å². The summed E-state index contributed by atoms with van der Waals surface area (Å²) >= 11 is 0. The summed E-state index contributed by atoms with van der Waals surface area (Å²) in [6.45, 7) is 0. The third kappa shape index (κ3) is 2.25. The van der Waals surface area contributed by atoms with Crippen LogP contribution >= 0.6 is 0 Å². The van der Waals surface area contributed by atoms with Crippen LogP contribution in [-0.4, -0.2) is 14.7 Å². The van der Waals surface area contributed by atoms with Crippen LogP contribution in [0.25, 0.3) is 0 Å². The molecule has 0 radical (unpaired) electrons. The van der Waals surface area contributed by atoms with E-state index in [0.29, 0.717) is 6.42 Å². The number of aliphatic hydroxyl groups excluding tert-OH is 1. The molecule has 1 aromatic carbocycles. The van der Waals surface area contributed by atoms with E-state index in [1.165, 1.54) is 0 Å². The topological polar surface area (TPSA) is 38.0 Å². The van der Waals surface area contributed by atoms with Gasteiger partial charge in [-0.1, -0.05) is 30.3 Å². The van der Waals surface area contributed by atoms with Gasteiger partial charge in [-0.3, -0.25) is 0 Å². The van der Waals surface area contributed by atoms with Crippen LogP contribution in [-0.2, 0) is 13.5 Å². The normalized spacial score (nSPS) is 12.7. The summed E-state index contributed by atoms with van der Waals surface area (Å²) in [7, 11) is 1.89. The van der Waals surface area contributed by atoms with Crippen molar-refractivity contribution < 1.29 is 5.11 Å². The molecule has 15 heavy (non-hydrogen) atoms. The Bertz CT molecular complexity index is 422. The van der Waals surface area contributed by atoms with Crippen LogP contribution in [0.5, 0.6) is 0 Å². The maximum absolute atomic E-state index is 9.98. The molecule has 0 aliphatic rings. The van der Waals surface area contributed by atoms with Gasteiger partial charge in [0.2, 0.25) is 0 Å². The van der Waals surface area contributed by atoms with Crippen molar-refractivity contribution in [2.75, 3.05) is 0 Å². The summed E-state index contributed by atoms with van der Waals surface area (Å²) in [4.78, 5) is 3.99. The quantitative estimate of drug-likeness (QED) is 0.822. The molecule has 1 atom stereocenters. The van der Waals surface area contributed by atoms with E-state index in [-0.39, 0.29) is 0 Å². The maximum Gasteiger partial charge on any atom is 0.0995 e. The fraction of sp³-hybridized carbons (Fsp3) is 0.250. The lowest BCUT2D eigenvalue weighted by atomic mass is 10.1. The maximum atomic E-state index is 9.98. The zero-order valence-electron chi connectivity index (χ0n) is 8.67. The molecule has 0 bridgehead atoms. The number of rotatable bonds is 3. The van der Waals surface area contributed by atoms with E-state index in [1.807, 2.05) is 41.9 Å². The molecule has 0 spiro atoms. The Kier molecular flexibility index (Phi) is 2.83. The van der Waals surface area contributed by atoms with Gasteiger partial charge in [-0.15, -0.1) is 0 Å². The predicted molar refractivity (Wildman–Crippen MR) is 58.3 cm³/mol. The highest BCUT2D eigenvalue weighted by Gasteiger charge is 2.11. The molecule has 0 aliphatic carbocycles. The lowest BCUT2D eigenvalue weighted by Crippen LogP contribution is -2.06. The number of aryl methyl sites for hydroxylation is 1. The summed E-state index contributed by atoms with van der Waals surface area (Å²) in [6.07, 6.45) is 3.54.